The van der Waals surface area contributed by atoms with Crippen molar-refractivity contribution in [1.82, 2.24) is 0 Å². The molecule has 0 N–H and O–H groups in total. The van der Waals surface area contributed by atoms with Crippen LogP contribution in [0.1, 0.15) is 39.5 Å². The molecule has 0 amide bonds. The Kier molecular flexibility index (Phi) is 3.65. The number of alkyl halides is 2. The van der Waals surface area contributed by atoms with E-state index < -0.39 is 12.0 Å². The number of halogens is 2. The van der Waals surface area contributed by atoms with Gasteiger partial charge in [0.05, 0.1) is 12.5 Å². The highest BCUT2D eigenvalue weighted by Gasteiger charge is 2.41. The molecule has 0 aromatic carbocycles. The number of rotatable bonds is 3. The molecule has 1 aliphatic rings. The fourth-order valence-corrected chi connectivity index (χ4v) is 1.91. The molecule has 3 heteroatoms. The molecule has 0 saturated heterocycles. The first kappa shape index (κ1) is 10.9. The standard InChI is InChI=1S/C10H18F2O/c1-3-13-10(11,12)9-6-4-8(2)5-7-9/h8-9H,3-7H2,1-2H3. The average molecular weight is 192 g/mol. The third-order valence-corrected chi connectivity index (χ3v) is 2.83. The molecule has 1 rings (SSSR count). The second-order valence-electron chi connectivity index (χ2n) is 3.95. The van der Waals surface area contributed by atoms with E-state index in [1.54, 1.807) is 6.92 Å². The molecule has 0 aromatic rings. The van der Waals surface area contributed by atoms with Crippen LogP contribution in [-0.4, -0.2) is 12.7 Å². The molecule has 0 radical (unpaired) electrons. The molecule has 1 aliphatic carbocycles. The largest absolute Gasteiger partial charge is 0.358 e. The summed E-state index contributed by atoms with van der Waals surface area (Å²) in [5.74, 6) is 0.0531. The monoisotopic (exact) mass is 192 g/mol. The van der Waals surface area contributed by atoms with E-state index in [1.807, 2.05) is 0 Å². The van der Waals surface area contributed by atoms with Gasteiger partial charge in [-0.25, -0.2) is 0 Å². The zero-order valence-electron chi connectivity index (χ0n) is 8.35. The highest BCUT2D eigenvalue weighted by atomic mass is 19.3. The molecule has 13 heavy (non-hydrogen) atoms. The van der Waals surface area contributed by atoms with Gasteiger partial charge in [-0.3, -0.25) is 0 Å². The van der Waals surface area contributed by atoms with E-state index in [0.717, 1.165) is 12.8 Å². The first-order valence-corrected chi connectivity index (χ1v) is 5.08. The summed E-state index contributed by atoms with van der Waals surface area (Å²) in [7, 11) is 0. The summed E-state index contributed by atoms with van der Waals surface area (Å²) in [6, 6.07) is 0. The van der Waals surface area contributed by atoms with Crippen molar-refractivity contribution in [2.75, 3.05) is 6.61 Å². The first-order chi connectivity index (χ1) is 6.06. The van der Waals surface area contributed by atoms with Gasteiger partial charge in [-0.1, -0.05) is 19.8 Å². The summed E-state index contributed by atoms with van der Waals surface area (Å²) in [4.78, 5) is 0. The Morgan fingerprint density at radius 2 is 1.77 bits per heavy atom. The molecule has 78 valence electrons. The van der Waals surface area contributed by atoms with Crippen molar-refractivity contribution in [2.45, 2.75) is 45.6 Å². The van der Waals surface area contributed by atoms with Crippen molar-refractivity contribution in [3.8, 4) is 0 Å². The Morgan fingerprint density at radius 3 is 2.23 bits per heavy atom. The molecule has 1 nitrogen and oxygen atoms in total. The van der Waals surface area contributed by atoms with E-state index in [1.165, 1.54) is 0 Å². The van der Waals surface area contributed by atoms with Gasteiger partial charge < -0.3 is 4.74 Å². The van der Waals surface area contributed by atoms with Crippen LogP contribution in [0.2, 0.25) is 0 Å². The van der Waals surface area contributed by atoms with Gasteiger partial charge in [-0.2, -0.15) is 8.78 Å². The van der Waals surface area contributed by atoms with Crippen molar-refractivity contribution < 1.29 is 13.5 Å². The molecule has 0 aliphatic heterocycles. The normalized spacial score (nSPS) is 30.5. The fourth-order valence-electron chi connectivity index (χ4n) is 1.91. The van der Waals surface area contributed by atoms with Gasteiger partial charge in [0.25, 0.3) is 0 Å². The van der Waals surface area contributed by atoms with Gasteiger partial charge in [0.2, 0.25) is 0 Å². The van der Waals surface area contributed by atoms with Gasteiger partial charge >= 0.3 is 6.11 Å². The third-order valence-electron chi connectivity index (χ3n) is 2.83. The fraction of sp³-hybridized carbons (Fsp3) is 1.00. The van der Waals surface area contributed by atoms with Crippen LogP contribution < -0.4 is 0 Å². The van der Waals surface area contributed by atoms with E-state index in [-0.39, 0.29) is 6.61 Å². The second kappa shape index (κ2) is 4.36. The van der Waals surface area contributed by atoms with Crippen LogP contribution in [0.4, 0.5) is 8.78 Å². The van der Waals surface area contributed by atoms with Gasteiger partial charge in [-0.15, -0.1) is 0 Å². The first-order valence-electron chi connectivity index (χ1n) is 5.08. The van der Waals surface area contributed by atoms with Crippen LogP contribution in [-0.2, 0) is 4.74 Å². The zero-order chi connectivity index (χ0) is 9.90. The maximum Gasteiger partial charge on any atom is 0.358 e. The van der Waals surface area contributed by atoms with Crippen LogP contribution in [0.15, 0.2) is 0 Å². The van der Waals surface area contributed by atoms with Gasteiger partial charge in [0.15, 0.2) is 0 Å². The second-order valence-corrected chi connectivity index (χ2v) is 3.95. The number of hydrogen-bond acceptors (Lipinski definition) is 1. The van der Waals surface area contributed by atoms with Crippen LogP contribution in [0.5, 0.6) is 0 Å². The lowest BCUT2D eigenvalue weighted by atomic mass is 9.82. The Morgan fingerprint density at radius 1 is 1.23 bits per heavy atom. The Hall–Kier alpha value is -0.180. The lowest BCUT2D eigenvalue weighted by molar-refractivity contribution is -0.274. The van der Waals surface area contributed by atoms with E-state index in [0.29, 0.717) is 18.8 Å². The molecule has 0 unspecified atom stereocenters. The molecule has 1 fully saturated rings. The van der Waals surface area contributed by atoms with Gasteiger partial charge in [0, 0.05) is 0 Å². The number of hydrogen-bond donors (Lipinski definition) is 0. The van der Waals surface area contributed by atoms with Crippen molar-refractivity contribution >= 4 is 0 Å². The third kappa shape index (κ3) is 2.90. The van der Waals surface area contributed by atoms with Gasteiger partial charge in [0.1, 0.15) is 0 Å². The summed E-state index contributed by atoms with van der Waals surface area (Å²) in [5.41, 5.74) is 0. The summed E-state index contributed by atoms with van der Waals surface area (Å²) in [6.45, 7) is 3.83. The van der Waals surface area contributed by atoms with E-state index in [9.17, 15) is 8.78 Å². The van der Waals surface area contributed by atoms with Crippen LogP contribution in [0.25, 0.3) is 0 Å². The van der Waals surface area contributed by atoms with Gasteiger partial charge in [-0.05, 0) is 25.7 Å². The van der Waals surface area contributed by atoms with Crippen molar-refractivity contribution in [1.29, 1.82) is 0 Å². The minimum absolute atomic E-state index is 0.0963. The smallest absolute Gasteiger partial charge is 0.321 e. The Bertz CT molecular complexity index is 151. The maximum absolute atomic E-state index is 13.2. The minimum atomic E-state index is -2.89. The van der Waals surface area contributed by atoms with Crippen molar-refractivity contribution in [2.24, 2.45) is 11.8 Å². The lowest BCUT2D eigenvalue weighted by Gasteiger charge is -2.31. The molecule has 1 saturated carbocycles. The molecular weight excluding hydrogens is 174 g/mol. The predicted molar refractivity (Wildman–Crippen MR) is 47.7 cm³/mol. The summed E-state index contributed by atoms with van der Waals surface area (Å²) in [5, 5.41) is 0. The highest BCUT2D eigenvalue weighted by Crippen LogP contribution is 2.39. The van der Waals surface area contributed by atoms with E-state index in [4.69, 9.17) is 0 Å². The molecule has 0 bridgehead atoms. The Balaban J connectivity index is 2.42. The van der Waals surface area contributed by atoms with Crippen molar-refractivity contribution in [3.05, 3.63) is 0 Å². The van der Waals surface area contributed by atoms with E-state index in [2.05, 4.69) is 11.7 Å². The summed E-state index contributed by atoms with van der Waals surface area (Å²) >= 11 is 0. The Labute approximate surface area is 78.5 Å². The summed E-state index contributed by atoms with van der Waals surface area (Å²) in [6.07, 6.45) is 0.137. The molecule has 0 heterocycles. The lowest BCUT2D eigenvalue weighted by Crippen LogP contribution is -2.34. The SMILES string of the molecule is CCOC(F)(F)C1CCC(C)CC1. The molecule has 0 spiro atoms. The predicted octanol–water partition coefficient (Wildman–Crippen LogP) is 3.44. The average Bonchev–Trinajstić information content (AvgIpc) is 2.05. The van der Waals surface area contributed by atoms with Crippen LogP contribution >= 0.6 is 0 Å². The molecule has 0 aromatic heterocycles. The van der Waals surface area contributed by atoms with E-state index >= 15 is 0 Å². The minimum Gasteiger partial charge on any atom is -0.321 e. The highest BCUT2D eigenvalue weighted by molar-refractivity contribution is 4.75. The topological polar surface area (TPSA) is 9.23 Å². The molecule has 0 atom stereocenters. The maximum atomic E-state index is 13.2. The number of ether oxygens (including phenoxy) is 1. The quantitative estimate of drug-likeness (QED) is 0.665. The zero-order valence-corrected chi connectivity index (χ0v) is 8.35. The van der Waals surface area contributed by atoms with Crippen molar-refractivity contribution in [3.63, 3.8) is 0 Å². The van der Waals surface area contributed by atoms with Crippen LogP contribution in [0.3, 0.4) is 0 Å². The molecular formula is C10H18F2O. The van der Waals surface area contributed by atoms with Crippen LogP contribution in [0, 0.1) is 11.8 Å². The summed E-state index contributed by atoms with van der Waals surface area (Å²) < 4.78 is 30.9.